The van der Waals surface area contributed by atoms with Crippen LogP contribution < -0.4 is 11.1 Å². The Kier molecular flexibility index (Phi) is 10.1. The first-order chi connectivity index (χ1) is 19.3. The van der Waals surface area contributed by atoms with Gasteiger partial charge in [0, 0.05) is 23.2 Å². The van der Waals surface area contributed by atoms with Crippen LogP contribution in [0.15, 0.2) is 59.2 Å². The molecular weight excluding hydrogens is 578 g/mol. The van der Waals surface area contributed by atoms with Crippen molar-refractivity contribution in [2.75, 3.05) is 25.4 Å². The van der Waals surface area contributed by atoms with E-state index >= 15 is 0 Å². The Balaban J connectivity index is 1.40. The number of likely N-dealkylation sites (tertiary alicyclic amines) is 1. The molecule has 40 heavy (non-hydrogen) atoms. The standard InChI is InChI=1S/C28H34BrN7O4/c1-2-40-27(38)13-15-35-19-22(32-33-35)18-34(17-20-9-11-21(30)12-10-20)28(39)31-16-26(37)36-14-5-8-25(36)23-6-3-4-7-24(23)29/h3-4,6-7,9-12,19,25H,2,5,8,13-18,30H2,1H3,(H,31,39). The third kappa shape index (κ3) is 7.81. The van der Waals surface area contributed by atoms with Crippen molar-refractivity contribution < 1.29 is 19.1 Å². The number of carbonyl (C=O) groups is 3. The van der Waals surface area contributed by atoms with Crippen LogP contribution in [0, 0.1) is 0 Å². The molecule has 212 valence electrons. The van der Waals surface area contributed by atoms with Crippen LogP contribution in [-0.4, -0.2) is 62.4 Å². The summed E-state index contributed by atoms with van der Waals surface area (Å²) < 4.78 is 7.47. The quantitative estimate of drug-likeness (QED) is 0.249. The van der Waals surface area contributed by atoms with E-state index in [1.54, 1.807) is 34.8 Å². The van der Waals surface area contributed by atoms with Crippen molar-refractivity contribution in [3.05, 3.63) is 76.0 Å². The van der Waals surface area contributed by atoms with E-state index in [2.05, 4.69) is 31.6 Å². The number of aromatic nitrogens is 3. The summed E-state index contributed by atoms with van der Waals surface area (Å²) in [6.45, 7) is 3.35. The molecule has 0 spiro atoms. The highest BCUT2D eigenvalue weighted by Gasteiger charge is 2.31. The molecule has 12 heteroatoms. The zero-order chi connectivity index (χ0) is 28.5. The van der Waals surface area contributed by atoms with E-state index in [1.165, 1.54) is 0 Å². The lowest BCUT2D eigenvalue weighted by atomic mass is 10.0. The van der Waals surface area contributed by atoms with E-state index in [0.29, 0.717) is 31.1 Å². The highest BCUT2D eigenvalue weighted by molar-refractivity contribution is 9.10. The molecule has 4 rings (SSSR count). The largest absolute Gasteiger partial charge is 0.466 e. The fourth-order valence-corrected chi connectivity index (χ4v) is 5.25. The van der Waals surface area contributed by atoms with E-state index in [0.717, 1.165) is 28.4 Å². The SMILES string of the molecule is CCOC(=O)CCn1cc(CN(Cc2ccc(N)cc2)C(=O)NCC(=O)N2CCCC2c2ccccc2Br)nn1. The molecule has 11 nitrogen and oxygen atoms in total. The number of rotatable bonds is 11. The number of nitrogens with one attached hydrogen (secondary N) is 1. The Morgan fingerprint density at radius 1 is 1.15 bits per heavy atom. The average molecular weight is 613 g/mol. The van der Waals surface area contributed by atoms with Gasteiger partial charge in [0.25, 0.3) is 0 Å². The van der Waals surface area contributed by atoms with E-state index in [-0.39, 0.29) is 44.0 Å². The summed E-state index contributed by atoms with van der Waals surface area (Å²) in [6.07, 6.45) is 3.64. The summed E-state index contributed by atoms with van der Waals surface area (Å²) in [4.78, 5) is 41.6. The van der Waals surface area contributed by atoms with Crippen molar-refractivity contribution in [3.63, 3.8) is 0 Å². The molecule has 1 aromatic heterocycles. The van der Waals surface area contributed by atoms with Crippen LogP contribution in [0.25, 0.3) is 0 Å². The van der Waals surface area contributed by atoms with Gasteiger partial charge in [0.1, 0.15) is 5.69 Å². The zero-order valence-corrected chi connectivity index (χ0v) is 24.0. The first kappa shape index (κ1) is 29.1. The van der Waals surface area contributed by atoms with Gasteiger partial charge in [-0.3, -0.25) is 14.3 Å². The molecule has 0 radical (unpaired) electrons. The zero-order valence-electron chi connectivity index (χ0n) is 22.5. The average Bonchev–Trinajstić information content (AvgIpc) is 3.61. The maximum absolute atomic E-state index is 13.3. The maximum atomic E-state index is 13.3. The molecule has 1 unspecified atom stereocenters. The minimum absolute atomic E-state index is 0.0319. The van der Waals surface area contributed by atoms with E-state index in [9.17, 15) is 14.4 Å². The van der Waals surface area contributed by atoms with Gasteiger partial charge in [-0.1, -0.05) is 51.5 Å². The van der Waals surface area contributed by atoms with Gasteiger partial charge in [-0.15, -0.1) is 5.10 Å². The van der Waals surface area contributed by atoms with Crippen molar-refractivity contribution in [2.45, 2.75) is 51.9 Å². The van der Waals surface area contributed by atoms with Gasteiger partial charge in [-0.25, -0.2) is 4.79 Å². The topological polar surface area (TPSA) is 136 Å². The molecule has 0 saturated carbocycles. The molecule has 1 fully saturated rings. The number of nitrogen functional groups attached to an aromatic ring is 1. The summed E-state index contributed by atoms with van der Waals surface area (Å²) in [7, 11) is 0. The van der Waals surface area contributed by atoms with Gasteiger partial charge in [-0.2, -0.15) is 0 Å². The van der Waals surface area contributed by atoms with Crippen molar-refractivity contribution in [3.8, 4) is 0 Å². The Labute approximate surface area is 241 Å². The monoisotopic (exact) mass is 611 g/mol. The molecule has 0 bridgehead atoms. The van der Waals surface area contributed by atoms with Crippen molar-refractivity contribution >= 4 is 39.5 Å². The number of nitrogens with two attached hydrogens (primary N) is 1. The summed E-state index contributed by atoms with van der Waals surface area (Å²) >= 11 is 3.60. The molecule has 3 aromatic rings. The molecule has 3 N–H and O–H groups in total. The number of aryl methyl sites for hydroxylation is 1. The van der Waals surface area contributed by atoms with Gasteiger partial charge in [-0.05, 0) is 49.1 Å². The highest BCUT2D eigenvalue weighted by Crippen LogP contribution is 2.35. The number of hydrogen-bond donors (Lipinski definition) is 2. The number of esters is 1. The fraction of sp³-hybridized carbons (Fsp3) is 0.393. The lowest BCUT2D eigenvalue weighted by Gasteiger charge is -2.27. The Morgan fingerprint density at radius 3 is 2.67 bits per heavy atom. The second-order valence-corrected chi connectivity index (χ2v) is 10.4. The summed E-state index contributed by atoms with van der Waals surface area (Å²) in [5.41, 5.74) is 8.94. The fourth-order valence-electron chi connectivity index (χ4n) is 4.70. The smallest absolute Gasteiger partial charge is 0.318 e. The predicted octanol–water partition coefficient (Wildman–Crippen LogP) is 3.65. The lowest BCUT2D eigenvalue weighted by molar-refractivity contribution is -0.143. The number of nitrogens with zero attached hydrogens (tertiary/aromatic N) is 5. The molecule has 2 aromatic carbocycles. The first-order valence-electron chi connectivity index (χ1n) is 13.3. The Bertz CT molecular complexity index is 1310. The molecule has 0 aliphatic carbocycles. The van der Waals surface area contributed by atoms with Gasteiger partial charge >= 0.3 is 12.0 Å². The maximum Gasteiger partial charge on any atom is 0.318 e. The van der Waals surface area contributed by atoms with Crippen LogP contribution in [0.2, 0.25) is 0 Å². The number of halogens is 1. The van der Waals surface area contributed by atoms with Crippen LogP contribution in [0.4, 0.5) is 10.5 Å². The Hall–Kier alpha value is -3.93. The number of carbonyl (C=O) groups excluding carboxylic acids is 3. The molecule has 1 aliphatic heterocycles. The molecule has 1 atom stereocenters. The van der Waals surface area contributed by atoms with Crippen molar-refractivity contribution in [2.24, 2.45) is 0 Å². The van der Waals surface area contributed by atoms with Gasteiger partial charge in [0.05, 0.1) is 44.9 Å². The second kappa shape index (κ2) is 13.9. The van der Waals surface area contributed by atoms with Crippen LogP contribution in [0.3, 0.4) is 0 Å². The van der Waals surface area contributed by atoms with E-state index < -0.39 is 6.03 Å². The van der Waals surface area contributed by atoms with Crippen LogP contribution in [0.5, 0.6) is 0 Å². The van der Waals surface area contributed by atoms with Crippen LogP contribution in [-0.2, 0) is 34.0 Å². The van der Waals surface area contributed by atoms with E-state index in [1.807, 2.05) is 41.3 Å². The number of urea groups is 1. The molecule has 3 amide bonds. The third-order valence-electron chi connectivity index (χ3n) is 6.66. The van der Waals surface area contributed by atoms with Gasteiger partial charge < -0.3 is 25.6 Å². The van der Waals surface area contributed by atoms with E-state index in [4.69, 9.17) is 10.5 Å². The summed E-state index contributed by atoms with van der Waals surface area (Å²) in [5, 5.41) is 11.0. The summed E-state index contributed by atoms with van der Waals surface area (Å²) in [5.74, 6) is -0.447. The van der Waals surface area contributed by atoms with Crippen molar-refractivity contribution in [1.29, 1.82) is 0 Å². The number of ether oxygens (including phenoxy) is 1. The van der Waals surface area contributed by atoms with Crippen molar-refractivity contribution in [1.82, 2.24) is 30.1 Å². The van der Waals surface area contributed by atoms with Gasteiger partial charge in [0.2, 0.25) is 5.91 Å². The lowest BCUT2D eigenvalue weighted by Crippen LogP contribution is -2.45. The molecule has 2 heterocycles. The predicted molar refractivity (Wildman–Crippen MR) is 153 cm³/mol. The normalized spacial score (nSPS) is 14.7. The molecular formula is C28H34BrN7O4. The summed E-state index contributed by atoms with van der Waals surface area (Å²) in [6, 6.07) is 14.7. The molecule has 1 aliphatic rings. The highest BCUT2D eigenvalue weighted by atomic mass is 79.9. The first-order valence-corrected chi connectivity index (χ1v) is 14.1. The number of hydrogen-bond acceptors (Lipinski definition) is 7. The molecule has 1 saturated heterocycles. The number of benzene rings is 2. The Morgan fingerprint density at radius 2 is 1.93 bits per heavy atom. The third-order valence-corrected chi connectivity index (χ3v) is 7.38. The minimum Gasteiger partial charge on any atom is -0.466 e. The van der Waals surface area contributed by atoms with Gasteiger partial charge in [0.15, 0.2) is 0 Å². The van der Waals surface area contributed by atoms with Crippen LogP contribution >= 0.6 is 15.9 Å². The number of anilines is 1. The minimum atomic E-state index is -0.400. The second-order valence-electron chi connectivity index (χ2n) is 9.55. The number of amides is 3. The van der Waals surface area contributed by atoms with Crippen LogP contribution in [0.1, 0.15) is 49.0 Å².